The summed E-state index contributed by atoms with van der Waals surface area (Å²) in [5.41, 5.74) is -0.221. The number of fused-ring (bicyclic) bond motifs is 1. The monoisotopic (exact) mass is 525 g/mol. The molecule has 1 amide bonds. The van der Waals surface area contributed by atoms with E-state index in [-0.39, 0.29) is 35.7 Å². The number of carbonyl (C=O) groups is 1. The van der Waals surface area contributed by atoms with Crippen LogP contribution in [0.15, 0.2) is 36.7 Å². The van der Waals surface area contributed by atoms with Crippen molar-refractivity contribution < 1.29 is 40.6 Å². The highest BCUT2D eigenvalue weighted by Crippen LogP contribution is 2.37. The third-order valence-corrected chi connectivity index (χ3v) is 5.59. The van der Waals surface area contributed by atoms with Gasteiger partial charge in [-0.25, -0.2) is 9.67 Å². The van der Waals surface area contributed by atoms with Crippen LogP contribution in [0.1, 0.15) is 39.8 Å². The van der Waals surface area contributed by atoms with Crippen molar-refractivity contribution in [1.29, 1.82) is 5.26 Å². The van der Waals surface area contributed by atoms with E-state index in [1.165, 1.54) is 35.0 Å². The van der Waals surface area contributed by atoms with Crippen LogP contribution in [0, 0.1) is 11.3 Å². The number of ether oxygens (including phenoxy) is 2. The molecule has 0 saturated carbocycles. The van der Waals surface area contributed by atoms with Crippen LogP contribution in [-0.2, 0) is 19.3 Å². The fourth-order valence-corrected chi connectivity index (χ4v) is 3.70. The Morgan fingerprint density at radius 3 is 2.41 bits per heavy atom. The van der Waals surface area contributed by atoms with Crippen molar-refractivity contribution in [2.45, 2.75) is 38.5 Å². The normalized spacial score (nSPS) is 14.2. The molecule has 37 heavy (non-hydrogen) atoms. The van der Waals surface area contributed by atoms with Crippen LogP contribution in [0.25, 0.3) is 5.69 Å². The molecule has 0 N–H and O–H groups in total. The summed E-state index contributed by atoms with van der Waals surface area (Å²) in [6.45, 7) is 0.725. The first kappa shape index (κ1) is 25.8. The van der Waals surface area contributed by atoms with E-state index in [1.807, 2.05) is 6.07 Å². The first-order valence-corrected chi connectivity index (χ1v) is 10.6. The summed E-state index contributed by atoms with van der Waals surface area (Å²) in [7, 11) is 1.17. The van der Waals surface area contributed by atoms with E-state index in [1.54, 1.807) is 0 Å². The van der Waals surface area contributed by atoms with Gasteiger partial charge >= 0.3 is 12.4 Å². The van der Waals surface area contributed by atoms with E-state index >= 15 is 0 Å². The van der Waals surface area contributed by atoms with Crippen molar-refractivity contribution in [2.24, 2.45) is 0 Å². The first-order chi connectivity index (χ1) is 17.3. The minimum absolute atomic E-state index is 0.00354. The highest BCUT2D eigenvalue weighted by molar-refractivity contribution is 6.00. The Bertz CT molecular complexity index is 1350. The Hall–Kier alpha value is -4.28. The van der Waals surface area contributed by atoms with Gasteiger partial charge in [-0.3, -0.25) is 4.79 Å². The van der Waals surface area contributed by atoms with Crippen LogP contribution >= 0.6 is 0 Å². The predicted molar refractivity (Wildman–Crippen MR) is 114 cm³/mol. The Balaban J connectivity index is 1.61. The summed E-state index contributed by atoms with van der Waals surface area (Å²) >= 11 is 0. The second-order valence-electron chi connectivity index (χ2n) is 8.04. The molecule has 4 rings (SSSR count). The van der Waals surface area contributed by atoms with E-state index < -0.39 is 35.8 Å². The molecule has 3 heterocycles. The maximum atomic E-state index is 13.4. The molecule has 0 fully saturated rings. The molecule has 0 bridgehead atoms. The van der Waals surface area contributed by atoms with Gasteiger partial charge < -0.3 is 14.4 Å². The summed E-state index contributed by atoms with van der Waals surface area (Å²) in [5.74, 6) is -1.39. The van der Waals surface area contributed by atoms with Crippen LogP contribution in [-0.4, -0.2) is 45.0 Å². The Labute approximate surface area is 205 Å². The third-order valence-electron chi connectivity index (χ3n) is 5.59. The summed E-state index contributed by atoms with van der Waals surface area (Å²) in [5, 5.41) is 13.7. The van der Waals surface area contributed by atoms with Crippen molar-refractivity contribution in [3.8, 4) is 23.3 Å². The number of alkyl halides is 6. The van der Waals surface area contributed by atoms with Gasteiger partial charge in [0.2, 0.25) is 0 Å². The van der Waals surface area contributed by atoms with Gasteiger partial charge in [0.25, 0.3) is 5.91 Å². The average molecular weight is 525 g/mol. The number of methoxy groups -OCH3 is 1. The number of aromatic nitrogens is 3. The molecule has 14 heteroatoms. The zero-order valence-electron chi connectivity index (χ0n) is 19.2. The largest absolute Gasteiger partial charge is 0.494 e. The molecule has 0 saturated heterocycles. The maximum Gasteiger partial charge on any atom is 0.433 e. The van der Waals surface area contributed by atoms with Gasteiger partial charge in [0.05, 0.1) is 36.8 Å². The van der Waals surface area contributed by atoms with Crippen LogP contribution < -0.4 is 9.47 Å². The molecule has 0 spiro atoms. The molecule has 1 aromatic carbocycles. The first-order valence-electron chi connectivity index (χ1n) is 10.6. The van der Waals surface area contributed by atoms with Gasteiger partial charge in [-0.1, -0.05) is 0 Å². The van der Waals surface area contributed by atoms with Gasteiger partial charge in [-0.2, -0.15) is 36.7 Å². The third kappa shape index (κ3) is 5.02. The number of nitriles is 1. The second kappa shape index (κ2) is 9.30. The zero-order valence-corrected chi connectivity index (χ0v) is 19.2. The van der Waals surface area contributed by atoms with Crippen LogP contribution in [0.3, 0.4) is 0 Å². The van der Waals surface area contributed by atoms with Gasteiger partial charge in [-0.05, 0) is 31.2 Å². The fraction of sp³-hybridized carbons (Fsp3) is 0.304. The molecule has 194 valence electrons. The number of amides is 1. The van der Waals surface area contributed by atoms with E-state index in [9.17, 15) is 36.4 Å². The molecule has 0 unspecified atom stereocenters. The van der Waals surface area contributed by atoms with Crippen molar-refractivity contribution in [3.05, 3.63) is 64.7 Å². The Morgan fingerprint density at radius 1 is 1.14 bits per heavy atom. The van der Waals surface area contributed by atoms with E-state index in [2.05, 4.69) is 10.1 Å². The number of nitrogens with zero attached hydrogens (tertiary/aromatic N) is 5. The van der Waals surface area contributed by atoms with Crippen LogP contribution in [0.5, 0.6) is 11.5 Å². The molecular formula is C23H17F6N5O3. The van der Waals surface area contributed by atoms with Crippen molar-refractivity contribution >= 4 is 5.91 Å². The van der Waals surface area contributed by atoms with E-state index in [4.69, 9.17) is 9.47 Å². The number of halogens is 6. The highest BCUT2D eigenvalue weighted by Gasteiger charge is 2.40. The smallest absolute Gasteiger partial charge is 0.433 e. The van der Waals surface area contributed by atoms with Crippen LogP contribution in [0.4, 0.5) is 26.3 Å². The standard InChI is InChI=1S/C23H17F6N5O3/c1-12(22(24,25)26)37-17-5-3-13(7-30)20(36-2)19(17)21(35)33-9-14-10-34(32-16(14)11-33)15-4-6-18(31-8-15)23(27,28)29/h3-6,8,10,12H,9,11H2,1-2H3/t12-/m0/s1. The van der Waals surface area contributed by atoms with Crippen molar-refractivity contribution in [3.63, 3.8) is 0 Å². The molecular weight excluding hydrogens is 508 g/mol. The maximum absolute atomic E-state index is 13.4. The summed E-state index contributed by atoms with van der Waals surface area (Å²) in [4.78, 5) is 18.1. The van der Waals surface area contributed by atoms with Gasteiger partial charge in [0, 0.05) is 18.3 Å². The van der Waals surface area contributed by atoms with Crippen molar-refractivity contribution in [1.82, 2.24) is 19.7 Å². The van der Waals surface area contributed by atoms with Gasteiger partial charge in [0.1, 0.15) is 23.1 Å². The molecule has 8 nitrogen and oxygen atoms in total. The number of rotatable bonds is 5. The lowest BCUT2D eigenvalue weighted by Gasteiger charge is -2.23. The molecule has 0 radical (unpaired) electrons. The van der Waals surface area contributed by atoms with Crippen molar-refractivity contribution in [2.75, 3.05) is 7.11 Å². The number of benzene rings is 1. The number of hydrogen-bond acceptors (Lipinski definition) is 6. The summed E-state index contributed by atoms with van der Waals surface area (Å²) in [6, 6.07) is 6.13. The van der Waals surface area contributed by atoms with E-state index in [0.29, 0.717) is 11.3 Å². The SMILES string of the molecule is COc1c(C#N)ccc(O[C@@H](C)C(F)(F)F)c1C(=O)N1Cc2cn(-c3ccc(C(F)(F)F)nc3)nc2C1. The second-order valence-corrected chi connectivity index (χ2v) is 8.04. The minimum Gasteiger partial charge on any atom is -0.494 e. The Kier molecular flexibility index (Phi) is 6.49. The van der Waals surface area contributed by atoms with Gasteiger partial charge in [0.15, 0.2) is 11.9 Å². The molecule has 1 aliphatic rings. The minimum atomic E-state index is -4.71. The molecule has 3 aromatic rings. The molecule has 2 aromatic heterocycles. The number of pyridine rings is 1. The lowest BCUT2D eigenvalue weighted by Crippen LogP contribution is -2.33. The number of carbonyl (C=O) groups excluding carboxylic acids is 1. The summed E-state index contributed by atoms with van der Waals surface area (Å²) < 4.78 is 89.2. The lowest BCUT2D eigenvalue weighted by atomic mass is 10.1. The molecule has 0 aliphatic carbocycles. The highest BCUT2D eigenvalue weighted by atomic mass is 19.4. The Morgan fingerprint density at radius 2 is 1.86 bits per heavy atom. The number of hydrogen-bond donors (Lipinski definition) is 0. The molecule has 1 aliphatic heterocycles. The van der Waals surface area contributed by atoms with Gasteiger partial charge in [-0.15, -0.1) is 0 Å². The fourth-order valence-electron chi connectivity index (χ4n) is 3.70. The summed E-state index contributed by atoms with van der Waals surface area (Å²) in [6.07, 6.45) is -9.01. The zero-order chi connectivity index (χ0) is 27.1. The molecule has 1 atom stereocenters. The quantitative estimate of drug-likeness (QED) is 0.451. The average Bonchev–Trinajstić information content (AvgIpc) is 3.42. The van der Waals surface area contributed by atoms with Crippen LogP contribution in [0.2, 0.25) is 0 Å². The lowest BCUT2D eigenvalue weighted by molar-refractivity contribution is -0.189. The predicted octanol–water partition coefficient (Wildman–Crippen LogP) is 4.65. The topological polar surface area (TPSA) is 93.3 Å². The van der Waals surface area contributed by atoms with E-state index in [0.717, 1.165) is 25.3 Å².